The fourth-order valence-corrected chi connectivity index (χ4v) is 5.02. The summed E-state index contributed by atoms with van der Waals surface area (Å²) in [7, 11) is 0. The monoisotopic (exact) mass is 596 g/mol. The minimum absolute atomic E-state index is 0.0618. The van der Waals surface area contributed by atoms with E-state index in [2.05, 4.69) is 0 Å². The Hall–Kier alpha value is -4.66. The van der Waals surface area contributed by atoms with Gasteiger partial charge in [0.05, 0.1) is 0 Å². The normalized spacial score (nSPS) is 15.1. The quantitative estimate of drug-likeness (QED) is 0.116. The van der Waals surface area contributed by atoms with Crippen LogP contribution in [-0.2, 0) is 30.3 Å². The molecule has 0 bridgehead atoms. The Bertz CT molecular complexity index is 1530. The van der Waals surface area contributed by atoms with E-state index in [1.807, 2.05) is 137 Å². The second-order valence-corrected chi connectivity index (χ2v) is 11.3. The Morgan fingerprint density at radius 2 is 1.05 bits per heavy atom. The summed E-state index contributed by atoms with van der Waals surface area (Å²) >= 11 is 0. The van der Waals surface area contributed by atoms with Gasteiger partial charge in [-0.05, 0) is 62.6 Å². The number of aryl methyl sites for hydroxylation is 2. The lowest BCUT2D eigenvalue weighted by molar-refractivity contribution is -0.176. The second-order valence-electron chi connectivity index (χ2n) is 11.3. The van der Waals surface area contributed by atoms with Gasteiger partial charge in [0, 0.05) is 12.8 Å². The predicted octanol–water partition coefficient (Wildman–Crippen LogP) is 6.03. The van der Waals surface area contributed by atoms with E-state index in [0.29, 0.717) is 11.5 Å². The molecule has 0 heterocycles. The summed E-state index contributed by atoms with van der Waals surface area (Å²) in [5.74, 6) is -1.21. The minimum Gasteiger partial charge on any atom is -0.483 e. The molecule has 4 aromatic rings. The molecule has 0 radical (unpaired) electrons. The molecule has 230 valence electrons. The Kier molecular flexibility index (Phi) is 10.4. The van der Waals surface area contributed by atoms with Crippen molar-refractivity contribution in [3.8, 4) is 11.5 Å². The highest BCUT2D eigenvalue weighted by atomic mass is 16.6. The molecular weight excluding hydrogens is 556 g/mol. The smallest absolute Gasteiger partial charge is 0.419 e. The molecule has 4 atom stereocenters. The summed E-state index contributed by atoms with van der Waals surface area (Å²) in [6.07, 6.45) is -2.24. The van der Waals surface area contributed by atoms with E-state index in [9.17, 15) is 9.59 Å². The van der Waals surface area contributed by atoms with Gasteiger partial charge in [0.15, 0.2) is 12.5 Å². The van der Waals surface area contributed by atoms with Gasteiger partial charge >= 0.3 is 11.9 Å². The lowest BCUT2D eigenvalue weighted by atomic mass is 9.91. The van der Waals surface area contributed by atoms with Gasteiger partial charge in [0.25, 0.3) is 0 Å². The number of carbonyl (C=O) groups is 2. The van der Waals surface area contributed by atoms with Crippen LogP contribution in [0, 0.1) is 13.8 Å². The standard InChI is InChI=1S/C36H40N2O6/c1-25-19-21-29(22-20-25)43-35(3,27-14-7-5-8-15-27)23-31(37)41-33(39)34(40)42-32(38)24-36(4,28-16-9-6-10-17-28)44-30-18-12-11-13-26(30)2/h5-22,31-32H,23-24,37-38H2,1-4H3. The summed E-state index contributed by atoms with van der Waals surface area (Å²) in [6, 6.07) is 34.1. The molecule has 4 N–H and O–H groups in total. The number of hydrogen-bond donors (Lipinski definition) is 2. The van der Waals surface area contributed by atoms with Crippen LogP contribution >= 0.6 is 0 Å². The van der Waals surface area contributed by atoms with Crippen molar-refractivity contribution in [1.29, 1.82) is 0 Å². The maximum Gasteiger partial charge on any atom is 0.419 e. The zero-order valence-corrected chi connectivity index (χ0v) is 25.6. The van der Waals surface area contributed by atoms with Crippen molar-refractivity contribution in [3.05, 3.63) is 131 Å². The van der Waals surface area contributed by atoms with Crippen LogP contribution in [-0.4, -0.2) is 24.4 Å². The molecule has 0 aliphatic carbocycles. The van der Waals surface area contributed by atoms with E-state index in [4.69, 9.17) is 30.4 Å². The van der Waals surface area contributed by atoms with Gasteiger partial charge in [-0.1, -0.05) is 96.6 Å². The van der Waals surface area contributed by atoms with E-state index in [1.54, 1.807) is 0 Å². The highest BCUT2D eigenvalue weighted by Crippen LogP contribution is 2.35. The summed E-state index contributed by atoms with van der Waals surface area (Å²) in [4.78, 5) is 25.6. The number of ether oxygens (including phenoxy) is 4. The Morgan fingerprint density at radius 3 is 1.52 bits per heavy atom. The van der Waals surface area contributed by atoms with Crippen molar-refractivity contribution >= 4 is 11.9 Å². The van der Waals surface area contributed by atoms with Crippen molar-refractivity contribution in [3.63, 3.8) is 0 Å². The Balaban J connectivity index is 1.42. The van der Waals surface area contributed by atoms with Crippen molar-refractivity contribution in [2.45, 2.75) is 64.2 Å². The maximum atomic E-state index is 12.8. The Morgan fingerprint density at radius 1 is 0.614 bits per heavy atom. The Labute approximate surface area is 258 Å². The number of carbonyl (C=O) groups excluding carboxylic acids is 2. The van der Waals surface area contributed by atoms with Gasteiger partial charge in [-0.25, -0.2) is 9.59 Å². The number of esters is 2. The van der Waals surface area contributed by atoms with Gasteiger partial charge in [0.1, 0.15) is 22.7 Å². The number of rotatable bonds is 12. The molecule has 8 heteroatoms. The largest absolute Gasteiger partial charge is 0.483 e. The van der Waals surface area contributed by atoms with Gasteiger partial charge < -0.3 is 18.9 Å². The fraction of sp³-hybridized carbons (Fsp3) is 0.278. The third kappa shape index (κ3) is 8.46. The number of hydrogen-bond acceptors (Lipinski definition) is 8. The zero-order chi connectivity index (χ0) is 31.7. The van der Waals surface area contributed by atoms with Crippen LogP contribution in [0.3, 0.4) is 0 Å². The molecule has 0 saturated heterocycles. The van der Waals surface area contributed by atoms with Crippen molar-refractivity contribution in [1.82, 2.24) is 0 Å². The molecule has 4 unspecified atom stereocenters. The van der Waals surface area contributed by atoms with E-state index in [-0.39, 0.29) is 12.8 Å². The minimum atomic E-state index is -1.25. The molecular formula is C36H40N2O6. The first-order valence-corrected chi connectivity index (χ1v) is 14.5. The summed E-state index contributed by atoms with van der Waals surface area (Å²) < 4.78 is 23.4. The molecule has 0 aliphatic heterocycles. The summed E-state index contributed by atoms with van der Waals surface area (Å²) in [5, 5.41) is 0. The van der Waals surface area contributed by atoms with E-state index in [0.717, 1.165) is 22.3 Å². The molecule has 0 aromatic heterocycles. The average Bonchev–Trinajstić information content (AvgIpc) is 3.00. The zero-order valence-electron chi connectivity index (χ0n) is 25.6. The van der Waals surface area contributed by atoms with Crippen LogP contribution in [0.25, 0.3) is 0 Å². The van der Waals surface area contributed by atoms with Gasteiger partial charge in [-0.15, -0.1) is 0 Å². The first kappa shape index (κ1) is 32.3. The third-order valence-corrected chi connectivity index (χ3v) is 7.43. The van der Waals surface area contributed by atoms with Gasteiger partial charge in [0.2, 0.25) is 0 Å². The molecule has 4 rings (SSSR count). The van der Waals surface area contributed by atoms with Crippen molar-refractivity contribution in [2.75, 3.05) is 0 Å². The third-order valence-electron chi connectivity index (χ3n) is 7.43. The van der Waals surface area contributed by atoms with Gasteiger partial charge in [-0.3, -0.25) is 11.5 Å². The van der Waals surface area contributed by atoms with Crippen LogP contribution in [0.1, 0.15) is 48.9 Å². The number of nitrogens with two attached hydrogens (primary N) is 2. The number of benzene rings is 4. The second kappa shape index (κ2) is 14.2. The van der Waals surface area contributed by atoms with Crippen LogP contribution in [0.15, 0.2) is 109 Å². The predicted molar refractivity (Wildman–Crippen MR) is 169 cm³/mol. The molecule has 0 amide bonds. The van der Waals surface area contributed by atoms with Crippen LogP contribution in [0.5, 0.6) is 11.5 Å². The summed E-state index contributed by atoms with van der Waals surface area (Å²) in [5.41, 5.74) is 14.2. The molecule has 0 spiro atoms. The van der Waals surface area contributed by atoms with Crippen LogP contribution in [0.4, 0.5) is 0 Å². The van der Waals surface area contributed by atoms with E-state index >= 15 is 0 Å². The molecule has 8 nitrogen and oxygen atoms in total. The first-order chi connectivity index (χ1) is 21.0. The van der Waals surface area contributed by atoms with Crippen molar-refractivity contribution < 1.29 is 28.5 Å². The summed E-state index contributed by atoms with van der Waals surface area (Å²) in [6.45, 7) is 7.63. The average molecular weight is 597 g/mol. The lowest BCUT2D eigenvalue weighted by Crippen LogP contribution is -2.43. The van der Waals surface area contributed by atoms with E-state index < -0.39 is 35.6 Å². The molecule has 0 saturated carbocycles. The highest BCUT2D eigenvalue weighted by molar-refractivity contribution is 6.29. The SMILES string of the molecule is Cc1ccc(OC(C)(CC(N)OC(=O)C(=O)OC(N)CC(C)(Oc2ccccc2C)c2ccccc2)c2ccccc2)cc1. The van der Waals surface area contributed by atoms with E-state index in [1.165, 1.54) is 0 Å². The topological polar surface area (TPSA) is 123 Å². The molecule has 0 fully saturated rings. The fourth-order valence-electron chi connectivity index (χ4n) is 5.02. The lowest BCUT2D eigenvalue weighted by Gasteiger charge is -2.34. The highest BCUT2D eigenvalue weighted by Gasteiger charge is 2.36. The van der Waals surface area contributed by atoms with Crippen molar-refractivity contribution in [2.24, 2.45) is 11.5 Å². The van der Waals surface area contributed by atoms with Crippen LogP contribution < -0.4 is 20.9 Å². The first-order valence-electron chi connectivity index (χ1n) is 14.5. The molecule has 4 aromatic carbocycles. The molecule has 0 aliphatic rings. The maximum absolute atomic E-state index is 12.8. The van der Waals surface area contributed by atoms with Gasteiger partial charge in [-0.2, -0.15) is 0 Å². The van der Waals surface area contributed by atoms with Crippen LogP contribution in [0.2, 0.25) is 0 Å². The molecule has 44 heavy (non-hydrogen) atoms. The number of para-hydroxylation sites is 1.